The SMILES string of the molecule is CC(C)C[C@H]1[NH2+][C@@]2(C(=O)Nc3ccccc32)[C@@H]2C(=O)N(CCc3ccccc3)C(=O)[C@@H]21. The molecule has 3 aliphatic heterocycles. The van der Waals surface area contributed by atoms with Gasteiger partial charge in [0.1, 0.15) is 17.9 Å². The predicted octanol–water partition coefficient (Wildman–Crippen LogP) is 1.67. The Morgan fingerprint density at radius 3 is 2.45 bits per heavy atom. The van der Waals surface area contributed by atoms with E-state index in [1.165, 1.54) is 4.90 Å². The molecule has 6 heteroatoms. The van der Waals surface area contributed by atoms with Crippen LogP contribution in [0.15, 0.2) is 54.6 Å². The molecule has 3 N–H and O–H groups in total. The van der Waals surface area contributed by atoms with Crippen molar-refractivity contribution < 1.29 is 19.7 Å². The Bertz CT molecular complexity index is 1050. The zero-order valence-electron chi connectivity index (χ0n) is 17.9. The summed E-state index contributed by atoms with van der Waals surface area (Å²) in [6.45, 7) is 4.58. The van der Waals surface area contributed by atoms with Gasteiger partial charge in [0.15, 0.2) is 0 Å². The van der Waals surface area contributed by atoms with Gasteiger partial charge >= 0.3 is 0 Å². The summed E-state index contributed by atoms with van der Waals surface area (Å²) < 4.78 is 0. The van der Waals surface area contributed by atoms with Crippen molar-refractivity contribution >= 4 is 23.4 Å². The number of para-hydroxylation sites is 1. The van der Waals surface area contributed by atoms with Gasteiger partial charge in [-0.25, -0.2) is 0 Å². The van der Waals surface area contributed by atoms with Gasteiger partial charge in [0.2, 0.25) is 17.4 Å². The van der Waals surface area contributed by atoms with Crippen LogP contribution >= 0.6 is 0 Å². The van der Waals surface area contributed by atoms with Gasteiger partial charge < -0.3 is 10.6 Å². The van der Waals surface area contributed by atoms with Crippen molar-refractivity contribution in [1.82, 2.24) is 4.90 Å². The smallest absolute Gasteiger partial charge is 0.291 e. The van der Waals surface area contributed by atoms with E-state index >= 15 is 0 Å². The third-order valence-corrected chi connectivity index (χ3v) is 7.08. The van der Waals surface area contributed by atoms with Crippen LogP contribution in [0.1, 0.15) is 31.4 Å². The first-order valence-electron chi connectivity index (χ1n) is 11.1. The second kappa shape index (κ2) is 7.31. The fourth-order valence-corrected chi connectivity index (χ4v) is 5.85. The summed E-state index contributed by atoms with van der Waals surface area (Å²) in [6.07, 6.45) is 1.40. The van der Waals surface area contributed by atoms with Crippen LogP contribution in [0, 0.1) is 17.8 Å². The predicted molar refractivity (Wildman–Crippen MR) is 116 cm³/mol. The Balaban J connectivity index is 1.53. The van der Waals surface area contributed by atoms with Crippen LogP contribution in [-0.2, 0) is 26.3 Å². The van der Waals surface area contributed by atoms with Gasteiger partial charge in [0.05, 0.1) is 5.69 Å². The van der Waals surface area contributed by atoms with Crippen molar-refractivity contribution in [2.75, 3.05) is 11.9 Å². The Morgan fingerprint density at radius 2 is 1.71 bits per heavy atom. The molecule has 3 aliphatic rings. The molecule has 0 aromatic heterocycles. The lowest BCUT2D eigenvalue weighted by Crippen LogP contribution is -2.99. The summed E-state index contributed by atoms with van der Waals surface area (Å²) in [5, 5.41) is 4.99. The number of nitrogens with zero attached hydrogens (tertiary/aromatic N) is 1. The number of quaternary nitrogens is 1. The van der Waals surface area contributed by atoms with Gasteiger partial charge in [-0.2, -0.15) is 0 Å². The van der Waals surface area contributed by atoms with E-state index < -0.39 is 17.4 Å². The van der Waals surface area contributed by atoms with Crippen molar-refractivity contribution in [2.45, 2.75) is 38.3 Å². The number of imide groups is 1. The molecule has 0 bridgehead atoms. The molecule has 2 aromatic rings. The maximum absolute atomic E-state index is 13.7. The molecule has 0 aliphatic carbocycles. The van der Waals surface area contributed by atoms with Crippen molar-refractivity contribution in [2.24, 2.45) is 17.8 Å². The summed E-state index contributed by atoms with van der Waals surface area (Å²) in [4.78, 5) is 42.0. The molecular weight excluding hydrogens is 390 g/mol. The molecule has 160 valence electrons. The van der Waals surface area contributed by atoms with Gasteiger partial charge in [0.25, 0.3) is 5.91 Å². The molecule has 0 unspecified atom stereocenters. The fraction of sp³-hybridized carbons (Fsp3) is 0.400. The second-order valence-corrected chi connectivity index (χ2v) is 9.40. The van der Waals surface area contributed by atoms with Crippen molar-refractivity contribution in [3.8, 4) is 0 Å². The van der Waals surface area contributed by atoms with Crippen molar-refractivity contribution in [3.05, 3.63) is 65.7 Å². The molecule has 2 saturated heterocycles. The summed E-state index contributed by atoms with van der Waals surface area (Å²) in [6, 6.07) is 17.3. The average molecular weight is 419 g/mol. The van der Waals surface area contributed by atoms with Crippen molar-refractivity contribution in [1.29, 1.82) is 0 Å². The number of likely N-dealkylation sites (tertiary alicyclic amines) is 1. The number of rotatable bonds is 5. The summed E-state index contributed by atoms with van der Waals surface area (Å²) in [5.41, 5.74) is 1.60. The molecular formula is C25H28N3O3+. The number of carbonyl (C=O) groups excluding carboxylic acids is 3. The largest absolute Gasteiger partial charge is 0.326 e. The van der Waals surface area contributed by atoms with E-state index in [-0.39, 0.29) is 23.8 Å². The maximum Gasteiger partial charge on any atom is 0.291 e. The highest BCUT2D eigenvalue weighted by atomic mass is 16.2. The third kappa shape index (κ3) is 2.92. The van der Waals surface area contributed by atoms with Crippen LogP contribution < -0.4 is 10.6 Å². The Morgan fingerprint density at radius 1 is 1.00 bits per heavy atom. The monoisotopic (exact) mass is 418 g/mol. The summed E-state index contributed by atoms with van der Waals surface area (Å²) >= 11 is 0. The molecule has 4 atom stereocenters. The molecule has 1 spiro atoms. The Hall–Kier alpha value is -2.99. The molecule has 2 aromatic carbocycles. The van der Waals surface area contributed by atoms with E-state index in [1.807, 2.05) is 59.9 Å². The number of hydrogen-bond donors (Lipinski definition) is 2. The molecule has 2 fully saturated rings. The number of nitrogens with two attached hydrogens (primary N) is 1. The van der Waals surface area contributed by atoms with Gasteiger partial charge in [-0.1, -0.05) is 62.4 Å². The number of hydrogen-bond acceptors (Lipinski definition) is 3. The highest BCUT2D eigenvalue weighted by molar-refractivity contribution is 6.13. The highest BCUT2D eigenvalue weighted by Crippen LogP contribution is 2.49. The van der Waals surface area contributed by atoms with Gasteiger partial charge in [-0.3, -0.25) is 19.3 Å². The van der Waals surface area contributed by atoms with Gasteiger partial charge in [0, 0.05) is 18.5 Å². The highest BCUT2D eigenvalue weighted by Gasteiger charge is 2.73. The third-order valence-electron chi connectivity index (χ3n) is 7.08. The standard InChI is InChI=1S/C25H27N3O3/c1-15(2)14-19-20-21(25(27-19)17-10-6-7-11-18(17)26-24(25)31)23(30)28(22(20)29)13-12-16-8-4-3-5-9-16/h3-11,15,19-21,27H,12-14H2,1-2H3,(H,26,31)/p+1/t19-,20-,21+,25-/m1/s1. The first-order chi connectivity index (χ1) is 14.9. The minimum atomic E-state index is -1.06. The lowest BCUT2D eigenvalue weighted by atomic mass is 9.76. The topological polar surface area (TPSA) is 83.1 Å². The fourth-order valence-electron chi connectivity index (χ4n) is 5.85. The van der Waals surface area contributed by atoms with Crippen LogP contribution in [0.25, 0.3) is 0 Å². The number of amides is 3. The number of benzene rings is 2. The van der Waals surface area contributed by atoms with Crippen LogP contribution in [0.5, 0.6) is 0 Å². The van der Waals surface area contributed by atoms with E-state index in [0.29, 0.717) is 18.9 Å². The zero-order valence-corrected chi connectivity index (χ0v) is 17.9. The molecule has 3 amide bonds. The van der Waals surface area contributed by atoms with Gasteiger partial charge in [-0.15, -0.1) is 0 Å². The zero-order chi connectivity index (χ0) is 21.8. The Labute approximate surface area is 182 Å². The quantitative estimate of drug-likeness (QED) is 0.725. The molecule has 0 saturated carbocycles. The normalized spacial score (nSPS) is 29.1. The molecule has 5 rings (SSSR count). The lowest BCUT2D eigenvalue weighted by molar-refractivity contribution is -0.734. The van der Waals surface area contributed by atoms with E-state index in [4.69, 9.17) is 0 Å². The number of carbonyl (C=O) groups is 3. The first kappa shape index (κ1) is 19.9. The lowest BCUT2D eigenvalue weighted by Gasteiger charge is -2.26. The minimum absolute atomic E-state index is 0.0971. The molecule has 3 heterocycles. The first-order valence-corrected chi connectivity index (χ1v) is 11.1. The number of fused-ring (bicyclic) bond motifs is 4. The minimum Gasteiger partial charge on any atom is -0.326 e. The van der Waals surface area contributed by atoms with E-state index in [0.717, 1.165) is 23.2 Å². The van der Waals surface area contributed by atoms with Crippen LogP contribution in [0.4, 0.5) is 5.69 Å². The van der Waals surface area contributed by atoms with Crippen LogP contribution in [0.2, 0.25) is 0 Å². The van der Waals surface area contributed by atoms with E-state index in [9.17, 15) is 14.4 Å². The maximum atomic E-state index is 13.7. The van der Waals surface area contributed by atoms with Crippen molar-refractivity contribution in [3.63, 3.8) is 0 Å². The molecule has 0 radical (unpaired) electrons. The van der Waals surface area contributed by atoms with E-state index in [2.05, 4.69) is 19.2 Å². The molecule has 6 nitrogen and oxygen atoms in total. The second-order valence-electron chi connectivity index (χ2n) is 9.40. The Kier molecular flexibility index (Phi) is 4.70. The van der Waals surface area contributed by atoms with Gasteiger partial charge in [-0.05, 0) is 24.0 Å². The molecule has 31 heavy (non-hydrogen) atoms. The number of anilines is 1. The van der Waals surface area contributed by atoms with E-state index in [1.54, 1.807) is 0 Å². The number of nitrogens with one attached hydrogen (secondary N) is 1. The van der Waals surface area contributed by atoms with Crippen LogP contribution in [0.3, 0.4) is 0 Å². The summed E-state index contributed by atoms with van der Waals surface area (Å²) in [7, 11) is 0. The summed E-state index contributed by atoms with van der Waals surface area (Å²) in [5.74, 6) is -1.29. The van der Waals surface area contributed by atoms with Crippen LogP contribution in [-0.4, -0.2) is 35.2 Å². The average Bonchev–Trinajstić information content (AvgIpc) is 3.32.